The van der Waals surface area contributed by atoms with E-state index in [0.29, 0.717) is 6.42 Å². The summed E-state index contributed by atoms with van der Waals surface area (Å²) >= 11 is 0. The lowest BCUT2D eigenvalue weighted by atomic mass is 10.0. The van der Waals surface area contributed by atoms with Gasteiger partial charge in [0.15, 0.2) is 0 Å². The monoisotopic (exact) mass is 652 g/mol. The number of hydrogen-bond donors (Lipinski definition) is 2. The van der Waals surface area contributed by atoms with E-state index in [0.717, 1.165) is 51.4 Å². The molecule has 2 N–H and O–H groups in total. The van der Waals surface area contributed by atoms with E-state index in [1.807, 2.05) is 18.2 Å². The third-order valence-electron chi connectivity index (χ3n) is 7.64. The Hall–Kier alpha value is -2.92. The summed E-state index contributed by atoms with van der Waals surface area (Å²) in [6.07, 6.45) is 50.5. The van der Waals surface area contributed by atoms with Crippen LogP contribution in [0, 0.1) is 0 Å². The van der Waals surface area contributed by atoms with Gasteiger partial charge in [-0.15, -0.1) is 0 Å². The fourth-order valence-electron chi connectivity index (χ4n) is 4.88. The Morgan fingerprint density at radius 1 is 0.596 bits per heavy atom. The standard InChI is InChI=1S/C42H69NO4/c1-4-6-8-10-12-14-16-18-19-20-21-22-23-25-27-29-31-33-35-37-42(46)47-38-40(43-39(3)44)41(45)36-34-32-30-28-26-24-17-15-13-11-9-7-5-2/h6,8,12,14,18-19,21-22,25,27,31,33-34,36,40-41,45H,4-5,7,9-11,13,15-17,20,23-24,26,28-30,32,35,37-38H2,1-3H3,(H,43,44)/b8-6-,14-12-,19-18-,22-21-,27-25-,33-31-,36-34+/t40-,41+/m0/s1. The van der Waals surface area contributed by atoms with E-state index >= 15 is 0 Å². The predicted molar refractivity (Wildman–Crippen MR) is 202 cm³/mol. The van der Waals surface area contributed by atoms with Crippen LogP contribution in [0.25, 0.3) is 0 Å². The largest absolute Gasteiger partial charge is 0.463 e. The molecule has 0 aliphatic carbocycles. The number of hydrogen-bond acceptors (Lipinski definition) is 4. The van der Waals surface area contributed by atoms with Crippen LogP contribution in [0.2, 0.25) is 0 Å². The van der Waals surface area contributed by atoms with E-state index in [1.54, 1.807) is 6.08 Å². The highest BCUT2D eigenvalue weighted by atomic mass is 16.5. The minimum absolute atomic E-state index is 0.0495. The van der Waals surface area contributed by atoms with Crippen molar-refractivity contribution in [2.75, 3.05) is 6.61 Å². The van der Waals surface area contributed by atoms with Gasteiger partial charge in [-0.2, -0.15) is 0 Å². The molecule has 0 aliphatic heterocycles. The van der Waals surface area contributed by atoms with Crippen LogP contribution in [0.4, 0.5) is 0 Å². The number of nitrogens with one attached hydrogen (secondary N) is 1. The molecule has 0 heterocycles. The summed E-state index contributed by atoms with van der Waals surface area (Å²) in [5.74, 6) is -0.598. The third-order valence-corrected chi connectivity index (χ3v) is 7.64. The Morgan fingerprint density at radius 3 is 1.51 bits per heavy atom. The molecule has 0 radical (unpaired) electrons. The number of aliphatic hydroxyl groups excluding tert-OH is 1. The summed E-state index contributed by atoms with van der Waals surface area (Å²) in [6.45, 7) is 5.76. The van der Waals surface area contributed by atoms with Crippen LogP contribution in [-0.2, 0) is 14.3 Å². The van der Waals surface area contributed by atoms with Gasteiger partial charge in [0.25, 0.3) is 0 Å². The molecule has 0 saturated heterocycles. The van der Waals surface area contributed by atoms with Gasteiger partial charge in [-0.3, -0.25) is 9.59 Å². The number of unbranched alkanes of at least 4 members (excludes halogenated alkanes) is 11. The highest BCUT2D eigenvalue weighted by Crippen LogP contribution is 2.12. The Kier molecular flexibility index (Phi) is 33.7. The molecule has 0 fully saturated rings. The van der Waals surface area contributed by atoms with E-state index in [1.165, 1.54) is 71.1 Å². The fraction of sp³-hybridized carbons (Fsp3) is 0.619. The summed E-state index contributed by atoms with van der Waals surface area (Å²) in [6, 6.07) is -0.657. The number of rotatable bonds is 31. The van der Waals surface area contributed by atoms with Crippen molar-refractivity contribution < 1.29 is 19.4 Å². The molecular weight excluding hydrogens is 582 g/mol. The normalized spacial score (nSPS) is 13.9. The second-order valence-corrected chi connectivity index (χ2v) is 12.2. The van der Waals surface area contributed by atoms with Crippen molar-refractivity contribution in [2.24, 2.45) is 0 Å². The smallest absolute Gasteiger partial charge is 0.306 e. The van der Waals surface area contributed by atoms with Gasteiger partial charge >= 0.3 is 5.97 Å². The Labute approximate surface area is 289 Å². The number of amides is 1. The lowest BCUT2D eigenvalue weighted by Gasteiger charge is -2.21. The second-order valence-electron chi connectivity index (χ2n) is 12.2. The van der Waals surface area contributed by atoms with Crippen LogP contribution < -0.4 is 5.32 Å². The molecule has 0 unspecified atom stereocenters. The van der Waals surface area contributed by atoms with E-state index in [-0.39, 0.29) is 24.9 Å². The van der Waals surface area contributed by atoms with Crippen molar-refractivity contribution >= 4 is 11.9 Å². The predicted octanol–water partition coefficient (Wildman–Crippen LogP) is 11.1. The Bertz CT molecular complexity index is 940. The minimum atomic E-state index is -0.900. The quantitative estimate of drug-likeness (QED) is 0.0444. The van der Waals surface area contributed by atoms with Crippen molar-refractivity contribution in [3.05, 3.63) is 85.1 Å². The lowest BCUT2D eigenvalue weighted by molar-refractivity contribution is -0.145. The first-order valence-electron chi connectivity index (χ1n) is 18.7. The molecule has 0 saturated carbocycles. The van der Waals surface area contributed by atoms with Crippen LogP contribution in [-0.4, -0.2) is 35.7 Å². The maximum Gasteiger partial charge on any atom is 0.306 e. The van der Waals surface area contributed by atoms with Gasteiger partial charge in [-0.25, -0.2) is 0 Å². The molecule has 0 spiro atoms. The summed E-state index contributed by atoms with van der Waals surface area (Å²) < 4.78 is 5.37. The van der Waals surface area contributed by atoms with Gasteiger partial charge in [-0.1, -0.05) is 163 Å². The zero-order valence-corrected chi connectivity index (χ0v) is 30.3. The molecule has 5 nitrogen and oxygen atoms in total. The molecule has 0 aromatic carbocycles. The number of esters is 1. The van der Waals surface area contributed by atoms with Crippen LogP contribution in [0.1, 0.15) is 149 Å². The topological polar surface area (TPSA) is 75.6 Å². The lowest BCUT2D eigenvalue weighted by Crippen LogP contribution is -2.45. The molecule has 0 bridgehead atoms. The van der Waals surface area contributed by atoms with Crippen molar-refractivity contribution in [1.29, 1.82) is 0 Å². The average molecular weight is 652 g/mol. The number of carbonyl (C=O) groups is 2. The van der Waals surface area contributed by atoms with Crippen LogP contribution in [0.3, 0.4) is 0 Å². The van der Waals surface area contributed by atoms with E-state index in [2.05, 4.69) is 79.9 Å². The van der Waals surface area contributed by atoms with Gasteiger partial charge in [0.2, 0.25) is 5.91 Å². The maximum atomic E-state index is 12.2. The van der Waals surface area contributed by atoms with Gasteiger partial charge in [0, 0.05) is 13.3 Å². The molecular formula is C42H69NO4. The van der Waals surface area contributed by atoms with Crippen LogP contribution in [0.15, 0.2) is 85.1 Å². The molecule has 0 aromatic heterocycles. The molecule has 0 aromatic rings. The van der Waals surface area contributed by atoms with Crippen molar-refractivity contribution in [1.82, 2.24) is 5.32 Å². The first-order valence-corrected chi connectivity index (χ1v) is 18.7. The molecule has 0 rings (SSSR count). The second kappa shape index (κ2) is 35.9. The van der Waals surface area contributed by atoms with Crippen molar-refractivity contribution in [2.45, 2.75) is 161 Å². The van der Waals surface area contributed by atoms with Crippen molar-refractivity contribution in [3.8, 4) is 0 Å². The minimum Gasteiger partial charge on any atom is -0.463 e. The first-order chi connectivity index (χ1) is 23.0. The molecule has 0 aliphatic rings. The summed E-state index contributed by atoms with van der Waals surface area (Å²) in [5, 5.41) is 13.3. The number of allylic oxidation sites excluding steroid dienone is 13. The van der Waals surface area contributed by atoms with Crippen molar-refractivity contribution in [3.63, 3.8) is 0 Å². The molecule has 5 heteroatoms. The zero-order chi connectivity index (χ0) is 34.5. The van der Waals surface area contributed by atoms with E-state index in [4.69, 9.17) is 4.74 Å². The number of carbonyl (C=O) groups excluding carboxylic acids is 2. The zero-order valence-electron chi connectivity index (χ0n) is 30.3. The maximum absolute atomic E-state index is 12.2. The molecule has 1 amide bonds. The molecule has 266 valence electrons. The third kappa shape index (κ3) is 34.2. The van der Waals surface area contributed by atoms with E-state index < -0.39 is 12.1 Å². The SMILES string of the molecule is CC/C=C\C/C=C\C/C=C\C/C=C\C/C=C\C/C=C\CCC(=O)OC[C@H](NC(C)=O)[C@H](O)/C=C/CCCCCCCCCCCCC. The number of aliphatic hydroxyl groups is 1. The summed E-state index contributed by atoms with van der Waals surface area (Å²) in [7, 11) is 0. The summed E-state index contributed by atoms with van der Waals surface area (Å²) in [5.41, 5.74) is 0. The van der Waals surface area contributed by atoms with Crippen LogP contribution in [0.5, 0.6) is 0 Å². The average Bonchev–Trinajstić information content (AvgIpc) is 3.06. The first kappa shape index (κ1) is 44.1. The van der Waals surface area contributed by atoms with Crippen LogP contribution >= 0.6 is 0 Å². The van der Waals surface area contributed by atoms with E-state index in [9.17, 15) is 14.7 Å². The number of ether oxygens (including phenoxy) is 1. The van der Waals surface area contributed by atoms with Gasteiger partial charge < -0.3 is 15.2 Å². The van der Waals surface area contributed by atoms with Gasteiger partial charge in [0.05, 0.1) is 12.1 Å². The van der Waals surface area contributed by atoms with Gasteiger partial charge in [0.1, 0.15) is 6.61 Å². The highest BCUT2D eigenvalue weighted by molar-refractivity contribution is 5.73. The molecule has 47 heavy (non-hydrogen) atoms. The Balaban J connectivity index is 4.02. The molecule has 2 atom stereocenters. The Morgan fingerprint density at radius 2 is 1.04 bits per heavy atom. The van der Waals surface area contributed by atoms with Gasteiger partial charge in [-0.05, 0) is 57.8 Å². The highest BCUT2D eigenvalue weighted by Gasteiger charge is 2.19. The fourth-order valence-corrected chi connectivity index (χ4v) is 4.88. The summed E-state index contributed by atoms with van der Waals surface area (Å²) in [4.78, 5) is 23.9.